The van der Waals surface area contributed by atoms with E-state index in [1.165, 1.54) is 4.88 Å². The molecular weight excluding hydrogens is 262 g/mol. The molecule has 1 unspecified atom stereocenters. The second-order valence-electron chi connectivity index (χ2n) is 3.02. The number of hydrogen-bond acceptors (Lipinski definition) is 3. The van der Waals surface area contributed by atoms with Crippen molar-refractivity contribution in [2.24, 2.45) is 5.73 Å². The molecule has 2 rings (SSSR count). The van der Waals surface area contributed by atoms with Crippen LogP contribution in [0.25, 0.3) is 0 Å². The molecule has 0 saturated heterocycles. The van der Waals surface area contributed by atoms with Crippen LogP contribution < -0.4 is 5.73 Å². The van der Waals surface area contributed by atoms with Gasteiger partial charge in [0.15, 0.2) is 0 Å². The number of imidazole rings is 1. The van der Waals surface area contributed by atoms with E-state index >= 15 is 0 Å². The Balaban J connectivity index is 2.05. The maximum Gasteiger partial charge on any atom is 0.123 e. The molecule has 0 aliphatic heterocycles. The van der Waals surface area contributed by atoms with Gasteiger partial charge in [0.25, 0.3) is 0 Å². The number of halogens is 1. The fourth-order valence-corrected chi connectivity index (χ4v) is 2.77. The van der Waals surface area contributed by atoms with E-state index in [0.29, 0.717) is 0 Å². The van der Waals surface area contributed by atoms with Crippen LogP contribution in [0.4, 0.5) is 0 Å². The van der Waals surface area contributed by atoms with E-state index in [1.807, 2.05) is 0 Å². The number of nitrogens with one attached hydrogen (secondary N) is 1. The smallest absolute Gasteiger partial charge is 0.123 e. The minimum Gasteiger partial charge on any atom is -0.347 e. The molecule has 0 amide bonds. The van der Waals surface area contributed by atoms with Crippen LogP contribution in [-0.2, 0) is 6.42 Å². The molecule has 2 aromatic heterocycles. The first-order chi connectivity index (χ1) is 6.75. The van der Waals surface area contributed by atoms with E-state index in [2.05, 4.69) is 37.3 Å². The third kappa shape index (κ3) is 2.23. The molecule has 1 atom stereocenters. The lowest BCUT2D eigenvalue weighted by atomic mass is 10.2. The maximum atomic E-state index is 5.98. The number of hydrogen-bond donors (Lipinski definition) is 2. The highest BCUT2D eigenvalue weighted by molar-refractivity contribution is 9.10. The summed E-state index contributed by atoms with van der Waals surface area (Å²) in [7, 11) is 0. The first-order valence-electron chi connectivity index (χ1n) is 4.23. The van der Waals surface area contributed by atoms with E-state index in [0.717, 1.165) is 16.7 Å². The monoisotopic (exact) mass is 271 g/mol. The Morgan fingerprint density at radius 1 is 1.64 bits per heavy atom. The summed E-state index contributed by atoms with van der Waals surface area (Å²) in [5, 5.41) is 2.06. The number of aromatic nitrogens is 2. The van der Waals surface area contributed by atoms with E-state index in [9.17, 15) is 0 Å². The average Bonchev–Trinajstić information content (AvgIpc) is 2.75. The molecule has 0 spiro atoms. The standard InChI is InChI=1S/C9H10BrN3S/c10-6-3-7(14-5-6)4-8(11)9-12-1-2-13-9/h1-3,5,8H,4,11H2,(H,12,13). The van der Waals surface area contributed by atoms with Crippen LogP contribution in [0, 0.1) is 0 Å². The van der Waals surface area contributed by atoms with Gasteiger partial charge >= 0.3 is 0 Å². The van der Waals surface area contributed by atoms with Crippen LogP contribution in [0.1, 0.15) is 16.7 Å². The van der Waals surface area contributed by atoms with Crippen LogP contribution in [0.15, 0.2) is 28.3 Å². The summed E-state index contributed by atoms with van der Waals surface area (Å²) in [6.45, 7) is 0. The minimum absolute atomic E-state index is 0.0458. The summed E-state index contributed by atoms with van der Waals surface area (Å²) < 4.78 is 1.11. The molecule has 0 radical (unpaired) electrons. The molecule has 0 aliphatic rings. The van der Waals surface area contributed by atoms with Crippen molar-refractivity contribution in [3.63, 3.8) is 0 Å². The lowest BCUT2D eigenvalue weighted by Gasteiger charge is -2.05. The highest BCUT2D eigenvalue weighted by Crippen LogP contribution is 2.23. The summed E-state index contributed by atoms with van der Waals surface area (Å²) in [6, 6.07) is 2.04. The van der Waals surface area contributed by atoms with Crippen LogP contribution in [-0.4, -0.2) is 9.97 Å². The van der Waals surface area contributed by atoms with Gasteiger partial charge in [-0.05, 0) is 22.0 Å². The quantitative estimate of drug-likeness (QED) is 0.901. The third-order valence-corrected chi connectivity index (χ3v) is 3.63. The topological polar surface area (TPSA) is 54.7 Å². The van der Waals surface area contributed by atoms with Crippen molar-refractivity contribution in [3.05, 3.63) is 39.0 Å². The lowest BCUT2D eigenvalue weighted by molar-refractivity contribution is 0.684. The van der Waals surface area contributed by atoms with Crippen molar-refractivity contribution >= 4 is 27.3 Å². The SMILES string of the molecule is NC(Cc1cc(Br)cs1)c1ncc[nH]1. The molecule has 0 aromatic carbocycles. The van der Waals surface area contributed by atoms with Crippen LogP contribution in [0.5, 0.6) is 0 Å². The van der Waals surface area contributed by atoms with Crippen molar-refractivity contribution < 1.29 is 0 Å². The van der Waals surface area contributed by atoms with Crippen molar-refractivity contribution in [1.82, 2.24) is 9.97 Å². The van der Waals surface area contributed by atoms with Crippen molar-refractivity contribution in [2.45, 2.75) is 12.5 Å². The Labute approximate surface area is 94.5 Å². The first-order valence-corrected chi connectivity index (χ1v) is 5.91. The molecule has 0 bridgehead atoms. The van der Waals surface area contributed by atoms with Gasteiger partial charge in [0.1, 0.15) is 5.82 Å². The number of nitrogens with two attached hydrogens (primary N) is 1. The number of nitrogens with zero attached hydrogens (tertiary/aromatic N) is 1. The summed E-state index contributed by atoms with van der Waals surface area (Å²) in [4.78, 5) is 8.42. The summed E-state index contributed by atoms with van der Waals surface area (Å²) in [5.74, 6) is 0.842. The van der Waals surface area contributed by atoms with Gasteiger partial charge in [0, 0.05) is 33.5 Å². The molecule has 0 fully saturated rings. The van der Waals surface area contributed by atoms with Crippen LogP contribution in [0.3, 0.4) is 0 Å². The number of thiophene rings is 1. The molecule has 5 heteroatoms. The molecule has 0 aliphatic carbocycles. The molecule has 14 heavy (non-hydrogen) atoms. The number of aromatic amines is 1. The van der Waals surface area contributed by atoms with Crippen molar-refractivity contribution in [2.75, 3.05) is 0 Å². The Hall–Kier alpha value is -0.650. The summed E-state index contributed by atoms with van der Waals surface area (Å²) >= 11 is 5.12. The van der Waals surface area contributed by atoms with E-state index < -0.39 is 0 Å². The average molecular weight is 272 g/mol. The zero-order valence-corrected chi connectivity index (χ0v) is 9.81. The van der Waals surface area contributed by atoms with Gasteiger partial charge in [-0.15, -0.1) is 11.3 Å². The molecule has 3 N–H and O–H groups in total. The molecule has 2 heterocycles. The Morgan fingerprint density at radius 2 is 2.50 bits per heavy atom. The molecule has 74 valence electrons. The zero-order valence-electron chi connectivity index (χ0n) is 7.40. The zero-order chi connectivity index (χ0) is 9.97. The highest BCUT2D eigenvalue weighted by Gasteiger charge is 2.10. The number of rotatable bonds is 3. The molecule has 2 aromatic rings. The Kier molecular flexibility index (Phi) is 3.00. The first kappa shape index (κ1) is 9.89. The van der Waals surface area contributed by atoms with Gasteiger partial charge in [0.05, 0.1) is 6.04 Å². The predicted molar refractivity (Wildman–Crippen MR) is 61.2 cm³/mol. The largest absolute Gasteiger partial charge is 0.347 e. The Morgan fingerprint density at radius 3 is 3.07 bits per heavy atom. The second-order valence-corrected chi connectivity index (χ2v) is 4.93. The van der Waals surface area contributed by atoms with Crippen LogP contribution >= 0.6 is 27.3 Å². The molecular formula is C9H10BrN3S. The molecule has 0 saturated carbocycles. The Bertz CT molecular complexity index is 396. The van der Waals surface area contributed by atoms with Crippen LogP contribution in [0.2, 0.25) is 0 Å². The van der Waals surface area contributed by atoms with E-state index in [-0.39, 0.29) is 6.04 Å². The van der Waals surface area contributed by atoms with E-state index in [4.69, 9.17) is 5.73 Å². The van der Waals surface area contributed by atoms with Gasteiger partial charge in [0.2, 0.25) is 0 Å². The summed E-state index contributed by atoms with van der Waals surface area (Å²) in [5.41, 5.74) is 5.98. The minimum atomic E-state index is -0.0458. The summed E-state index contributed by atoms with van der Waals surface area (Å²) in [6.07, 6.45) is 4.34. The lowest BCUT2D eigenvalue weighted by Crippen LogP contribution is -2.14. The van der Waals surface area contributed by atoms with Gasteiger partial charge in [-0.2, -0.15) is 0 Å². The van der Waals surface area contributed by atoms with Crippen molar-refractivity contribution in [1.29, 1.82) is 0 Å². The third-order valence-electron chi connectivity index (χ3n) is 1.91. The van der Waals surface area contributed by atoms with Crippen molar-refractivity contribution in [3.8, 4) is 0 Å². The maximum absolute atomic E-state index is 5.98. The second kappa shape index (κ2) is 4.25. The molecule has 3 nitrogen and oxygen atoms in total. The number of H-pyrrole nitrogens is 1. The predicted octanol–water partition coefficient (Wildman–Crippen LogP) is 2.48. The fourth-order valence-electron chi connectivity index (χ4n) is 1.25. The van der Waals surface area contributed by atoms with Gasteiger partial charge in [-0.1, -0.05) is 0 Å². The van der Waals surface area contributed by atoms with E-state index in [1.54, 1.807) is 23.7 Å². The van der Waals surface area contributed by atoms with Gasteiger partial charge < -0.3 is 10.7 Å². The highest BCUT2D eigenvalue weighted by atomic mass is 79.9. The van der Waals surface area contributed by atoms with Gasteiger partial charge in [-0.3, -0.25) is 0 Å². The fraction of sp³-hybridized carbons (Fsp3) is 0.222. The van der Waals surface area contributed by atoms with Gasteiger partial charge in [-0.25, -0.2) is 4.98 Å². The normalized spacial score (nSPS) is 13.0.